The van der Waals surface area contributed by atoms with Crippen LogP contribution in [0.2, 0.25) is 5.02 Å². The Kier molecular flexibility index (Phi) is 7.48. The molecule has 2 aromatic carbocycles. The van der Waals surface area contributed by atoms with Gasteiger partial charge in [0.1, 0.15) is 0 Å². The van der Waals surface area contributed by atoms with Gasteiger partial charge >= 0.3 is 0 Å². The van der Waals surface area contributed by atoms with E-state index in [9.17, 15) is 8.42 Å². The molecule has 0 spiro atoms. The van der Waals surface area contributed by atoms with Crippen LogP contribution in [0.25, 0.3) is 0 Å². The third-order valence-electron chi connectivity index (χ3n) is 3.90. The molecule has 140 valence electrons. The monoisotopic (exact) mass is 393 g/mol. The van der Waals surface area contributed by atoms with Crippen molar-refractivity contribution in [2.45, 2.75) is 17.7 Å². The van der Waals surface area contributed by atoms with Crippen LogP contribution in [0.1, 0.15) is 11.1 Å². The fourth-order valence-corrected chi connectivity index (χ4v) is 3.18. The Bertz CT molecular complexity index is 832. The van der Waals surface area contributed by atoms with Crippen LogP contribution in [-0.4, -0.2) is 40.8 Å². The zero-order chi connectivity index (χ0) is 19.0. The standard InChI is InChI=1S/C19H24ClN3O2S/c1-21-19(22-13-11-15-3-7-17(20)8-4-15)23-14-12-16-5-9-18(10-6-16)26(2,24)25/h3-10H,11-14H2,1-2H3,(H2,21,22,23). The van der Waals surface area contributed by atoms with Gasteiger partial charge in [0, 0.05) is 31.4 Å². The molecular formula is C19H24ClN3O2S. The molecule has 0 aromatic heterocycles. The van der Waals surface area contributed by atoms with Crippen molar-refractivity contribution < 1.29 is 8.42 Å². The van der Waals surface area contributed by atoms with Gasteiger partial charge in [-0.25, -0.2) is 8.42 Å². The Morgan fingerprint density at radius 1 is 0.923 bits per heavy atom. The predicted molar refractivity (Wildman–Crippen MR) is 108 cm³/mol. The van der Waals surface area contributed by atoms with Crippen LogP contribution in [0.3, 0.4) is 0 Å². The van der Waals surface area contributed by atoms with E-state index in [-0.39, 0.29) is 0 Å². The number of sulfone groups is 1. The van der Waals surface area contributed by atoms with Gasteiger partial charge in [0.05, 0.1) is 4.90 Å². The van der Waals surface area contributed by atoms with Gasteiger partial charge in [0.2, 0.25) is 0 Å². The summed E-state index contributed by atoms with van der Waals surface area (Å²) in [6.07, 6.45) is 2.87. The Balaban J connectivity index is 1.74. The number of hydrogen-bond donors (Lipinski definition) is 2. The van der Waals surface area contributed by atoms with Crippen LogP contribution in [0.4, 0.5) is 0 Å². The lowest BCUT2D eigenvalue weighted by Crippen LogP contribution is -2.39. The van der Waals surface area contributed by atoms with E-state index in [2.05, 4.69) is 15.6 Å². The number of hydrogen-bond acceptors (Lipinski definition) is 3. The average Bonchev–Trinajstić information content (AvgIpc) is 2.61. The Morgan fingerprint density at radius 3 is 1.81 bits per heavy atom. The number of nitrogens with one attached hydrogen (secondary N) is 2. The third kappa shape index (κ3) is 6.69. The van der Waals surface area contributed by atoms with Crippen molar-refractivity contribution in [1.29, 1.82) is 0 Å². The molecule has 0 aliphatic rings. The van der Waals surface area contributed by atoms with Gasteiger partial charge in [-0.2, -0.15) is 0 Å². The molecule has 0 saturated heterocycles. The Labute approximate surface area is 160 Å². The first-order valence-corrected chi connectivity index (χ1v) is 10.6. The summed E-state index contributed by atoms with van der Waals surface area (Å²) in [5.41, 5.74) is 2.28. The minimum Gasteiger partial charge on any atom is -0.356 e. The van der Waals surface area contributed by atoms with Crippen molar-refractivity contribution in [1.82, 2.24) is 10.6 Å². The van der Waals surface area contributed by atoms with E-state index in [4.69, 9.17) is 11.6 Å². The number of guanidine groups is 1. The molecule has 7 heteroatoms. The number of rotatable bonds is 7. The van der Waals surface area contributed by atoms with E-state index in [0.29, 0.717) is 11.4 Å². The third-order valence-corrected chi connectivity index (χ3v) is 5.28. The van der Waals surface area contributed by atoms with Crippen LogP contribution in [0, 0.1) is 0 Å². The molecular weight excluding hydrogens is 370 g/mol. The summed E-state index contributed by atoms with van der Waals surface area (Å²) in [6, 6.07) is 14.8. The first-order valence-electron chi connectivity index (χ1n) is 8.36. The number of aliphatic imine (C=N–C) groups is 1. The molecule has 0 saturated carbocycles. The summed E-state index contributed by atoms with van der Waals surface area (Å²) >= 11 is 5.88. The highest BCUT2D eigenvalue weighted by molar-refractivity contribution is 7.90. The van der Waals surface area contributed by atoms with Crippen molar-refractivity contribution >= 4 is 27.4 Å². The van der Waals surface area contributed by atoms with Gasteiger partial charge < -0.3 is 10.6 Å². The number of nitrogens with zero attached hydrogens (tertiary/aromatic N) is 1. The van der Waals surface area contributed by atoms with Crippen LogP contribution in [0.5, 0.6) is 0 Å². The molecule has 0 atom stereocenters. The molecule has 5 nitrogen and oxygen atoms in total. The van der Waals surface area contributed by atoms with Gasteiger partial charge in [0.15, 0.2) is 15.8 Å². The maximum atomic E-state index is 11.5. The lowest BCUT2D eigenvalue weighted by Gasteiger charge is -2.12. The van der Waals surface area contributed by atoms with Gasteiger partial charge in [0.25, 0.3) is 0 Å². The van der Waals surface area contributed by atoms with E-state index < -0.39 is 9.84 Å². The van der Waals surface area contributed by atoms with Crippen molar-refractivity contribution in [3.63, 3.8) is 0 Å². The maximum Gasteiger partial charge on any atom is 0.190 e. The molecule has 0 unspecified atom stereocenters. The van der Waals surface area contributed by atoms with Gasteiger partial charge in [-0.1, -0.05) is 35.9 Å². The van der Waals surface area contributed by atoms with E-state index in [1.165, 1.54) is 11.8 Å². The van der Waals surface area contributed by atoms with E-state index >= 15 is 0 Å². The van der Waals surface area contributed by atoms with Crippen molar-refractivity contribution in [3.05, 3.63) is 64.7 Å². The molecule has 2 rings (SSSR count). The summed E-state index contributed by atoms with van der Waals surface area (Å²) in [7, 11) is -1.41. The lowest BCUT2D eigenvalue weighted by atomic mass is 10.1. The van der Waals surface area contributed by atoms with Gasteiger partial charge in [-0.3, -0.25) is 4.99 Å². The molecule has 2 N–H and O–H groups in total. The van der Waals surface area contributed by atoms with Crippen LogP contribution in [0.15, 0.2) is 58.4 Å². The summed E-state index contributed by atoms with van der Waals surface area (Å²) in [4.78, 5) is 4.55. The summed E-state index contributed by atoms with van der Waals surface area (Å²) < 4.78 is 22.9. The van der Waals surface area contributed by atoms with Crippen molar-refractivity contribution in [2.24, 2.45) is 4.99 Å². The van der Waals surface area contributed by atoms with E-state index in [1.807, 2.05) is 36.4 Å². The molecule has 26 heavy (non-hydrogen) atoms. The zero-order valence-corrected chi connectivity index (χ0v) is 16.6. The predicted octanol–water partition coefficient (Wildman–Crippen LogP) is 2.69. The summed E-state index contributed by atoms with van der Waals surface area (Å²) in [5.74, 6) is 0.742. The topological polar surface area (TPSA) is 70.6 Å². The van der Waals surface area contributed by atoms with Gasteiger partial charge in [-0.05, 0) is 48.2 Å². The largest absolute Gasteiger partial charge is 0.356 e. The number of halogens is 1. The second-order valence-corrected chi connectivity index (χ2v) is 8.42. The SMILES string of the molecule is CN=C(NCCc1ccc(Cl)cc1)NCCc1ccc(S(C)(=O)=O)cc1. The number of benzene rings is 2. The van der Waals surface area contributed by atoms with Gasteiger partial charge in [-0.15, -0.1) is 0 Å². The average molecular weight is 394 g/mol. The highest BCUT2D eigenvalue weighted by Crippen LogP contribution is 2.11. The Hall–Kier alpha value is -2.05. The maximum absolute atomic E-state index is 11.5. The van der Waals surface area contributed by atoms with E-state index in [1.54, 1.807) is 19.2 Å². The lowest BCUT2D eigenvalue weighted by molar-refractivity contribution is 0.602. The molecule has 0 fully saturated rings. The van der Waals surface area contributed by atoms with Crippen LogP contribution < -0.4 is 10.6 Å². The highest BCUT2D eigenvalue weighted by Gasteiger charge is 2.06. The van der Waals surface area contributed by atoms with E-state index in [0.717, 1.165) is 35.9 Å². The first-order chi connectivity index (χ1) is 12.4. The molecule has 0 radical (unpaired) electrons. The minimum atomic E-state index is -3.15. The quantitative estimate of drug-likeness (QED) is 0.560. The Morgan fingerprint density at radius 2 is 1.38 bits per heavy atom. The molecule has 0 amide bonds. The van der Waals surface area contributed by atoms with Crippen LogP contribution in [-0.2, 0) is 22.7 Å². The zero-order valence-electron chi connectivity index (χ0n) is 15.0. The first kappa shape index (κ1) is 20.3. The van der Waals surface area contributed by atoms with Crippen molar-refractivity contribution in [3.8, 4) is 0 Å². The molecule has 0 bridgehead atoms. The molecule has 0 aliphatic carbocycles. The summed E-state index contributed by atoms with van der Waals surface area (Å²) in [5, 5.41) is 7.27. The normalized spacial score (nSPS) is 12.0. The fourth-order valence-electron chi connectivity index (χ4n) is 2.43. The second kappa shape index (κ2) is 9.59. The molecule has 0 aliphatic heterocycles. The highest BCUT2D eigenvalue weighted by atomic mass is 35.5. The van der Waals surface area contributed by atoms with Crippen molar-refractivity contribution in [2.75, 3.05) is 26.4 Å². The summed E-state index contributed by atoms with van der Waals surface area (Å²) in [6.45, 7) is 1.48. The minimum absolute atomic E-state index is 0.342. The molecule has 0 heterocycles. The smallest absolute Gasteiger partial charge is 0.190 e. The second-order valence-electron chi connectivity index (χ2n) is 5.97. The van der Waals surface area contributed by atoms with Crippen LogP contribution >= 0.6 is 11.6 Å². The fraction of sp³-hybridized carbons (Fsp3) is 0.316. The molecule has 2 aromatic rings.